The van der Waals surface area contributed by atoms with Crippen molar-refractivity contribution in [2.75, 3.05) is 13.7 Å². The van der Waals surface area contributed by atoms with Crippen LogP contribution in [0.4, 0.5) is 0 Å². The van der Waals surface area contributed by atoms with Crippen LogP contribution in [0.5, 0.6) is 11.5 Å². The van der Waals surface area contributed by atoms with Crippen LogP contribution in [0.2, 0.25) is 0 Å². The van der Waals surface area contributed by atoms with Gasteiger partial charge in [0.25, 0.3) is 5.91 Å². The van der Waals surface area contributed by atoms with E-state index in [9.17, 15) is 4.79 Å². The summed E-state index contributed by atoms with van der Waals surface area (Å²) in [6.07, 6.45) is -0.699. The van der Waals surface area contributed by atoms with Gasteiger partial charge in [-0.25, -0.2) is 0 Å². The molecule has 3 N–H and O–H groups in total. The van der Waals surface area contributed by atoms with Crippen molar-refractivity contribution in [2.45, 2.75) is 33.4 Å². The van der Waals surface area contributed by atoms with E-state index in [0.29, 0.717) is 24.0 Å². The minimum Gasteiger partial charge on any atom is -0.493 e. The molecule has 0 aromatic heterocycles. The molecular formula is C15H24N2O3. The Balaban J connectivity index is 2.89. The summed E-state index contributed by atoms with van der Waals surface area (Å²) in [4.78, 5) is 11.2. The van der Waals surface area contributed by atoms with E-state index in [2.05, 4.69) is 19.2 Å². The fraction of sp³-hybridized carbons (Fsp3) is 0.533. The smallest absolute Gasteiger partial charge is 0.258 e. The molecule has 0 spiro atoms. The Morgan fingerprint density at radius 3 is 2.60 bits per heavy atom. The van der Waals surface area contributed by atoms with Gasteiger partial charge in [0.1, 0.15) is 0 Å². The van der Waals surface area contributed by atoms with E-state index in [4.69, 9.17) is 15.2 Å². The summed E-state index contributed by atoms with van der Waals surface area (Å²) in [7, 11) is 1.57. The highest BCUT2D eigenvalue weighted by molar-refractivity contribution is 5.78. The third kappa shape index (κ3) is 4.74. The topological polar surface area (TPSA) is 73.6 Å². The fourth-order valence-corrected chi connectivity index (χ4v) is 1.73. The summed E-state index contributed by atoms with van der Waals surface area (Å²) in [6, 6.07) is 5.64. The molecule has 1 aromatic rings. The molecule has 0 radical (unpaired) electrons. The highest BCUT2D eigenvalue weighted by atomic mass is 16.5. The first-order chi connectivity index (χ1) is 9.45. The number of carbonyl (C=O) groups is 1. The molecule has 0 aliphatic heterocycles. The van der Waals surface area contributed by atoms with Crippen molar-refractivity contribution in [1.82, 2.24) is 5.32 Å². The number of nitrogens with two attached hydrogens (primary N) is 1. The van der Waals surface area contributed by atoms with Crippen LogP contribution in [-0.4, -0.2) is 25.7 Å². The number of rotatable bonds is 8. The summed E-state index contributed by atoms with van der Waals surface area (Å²) in [5.41, 5.74) is 6.19. The van der Waals surface area contributed by atoms with Crippen molar-refractivity contribution in [3.63, 3.8) is 0 Å². The van der Waals surface area contributed by atoms with E-state index in [1.54, 1.807) is 20.1 Å². The molecule has 0 aliphatic carbocycles. The van der Waals surface area contributed by atoms with E-state index in [-0.39, 0.29) is 0 Å². The minimum atomic E-state index is -0.699. The Morgan fingerprint density at radius 1 is 1.35 bits per heavy atom. The van der Waals surface area contributed by atoms with Gasteiger partial charge in [0.15, 0.2) is 17.6 Å². The van der Waals surface area contributed by atoms with Crippen LogP contribution >= 0.6 is 0 Å². The number of hydrogen-bond acceptors (Lipinski definition) is 4. The first-order valence-electron chi connectivity index (χ1n) is 6.78. The SMILES string of the molecule is COc1cccc(CNCC(C)C)c1OC(C)C(N)=O. The standard InChI is InChI=1S/C15H24N2O3/c1-10(2)8-17-9-12-6-5-7-13(19-4)14(12)20-11(3)15(16)18/h5-7,10-11,17H,8-9H2,1-4H3,(H2,16,18). The molecule has 0 saturated heterocycles. The number of benzene rings is 1. The van der Waals surface area contributed by atoms with Crippen molar-refractivity contribution in [2.24, 2.45) is 11.7 Å². The maximum absolute atomic E-state index is 11.2. The van der Waals surface area contributed by atoms with Gasteiger partial charge in [0, 0.05) is 12.1 Å². The quantitative estimate of drug-likeness (QED) is 0.760. The van der Waals surface area contributed by atoms with Gasteiger partial charge >= 0.3 is 0 Å². The Hall–Kier alpha value is -1.75. The predicted molar refractivity (Wildman–Crippen MR) is 78.8 cm³/mol. The number of primary amides is 1. The highest BCUT2D eigenvalue weighted by Gasteiger charge is 2.17. The van der Waals surface area contributed by atoms with Crippen LogP contribution in [0.3, 0.4) is 0 Å². The number of hydrogen-bond donors (Lipinski definition) is 2. The first kappa shape index (κ1) is 16.3. The highest BCUT2D eigenvalue weighted by Crippen LogP contribution is 2.31. The summed E-state index contributed by atoms with van der Waals surface area (Å²) in [6.45, 7) is 7.47. The average molecular weight is 280 g/mol. The Morgan fingerprint density at radius 2 is 2.05 bits per heavy atom. The molecular weight excluding hydrogens is 256 g/mol. The third-order valence-corrected chi connectivity index (χ3v) is 2.84. The van der Waals surface area contributed by atoms with Crippen molar-refractivity contribution >= 4 is 5.91 Å². The van der Waals surface area contributed by atoms with Gasteiger partial charge < -0.3 is 20.5 Å². The van der Waals surface area contributed by atoms with Crippen LogP contribution in [-0.2, 0) is 11.3 Å². The zero-order chi connectivity index (χ0) is 15.1. The van der Waals surface area contributed by atoms with E-state index >= 15 is 0 Å². The van der Waals surface area contributed by atoms with Gasteiger partial charge in [-0.1, -0.05) is 26.0 Å². The van der Waals surface area contributed by atoms with Crippen molar-refractivity contribution < 1.29 is 14.3 Å². The second-order valence-corrected chi connectivity index (χ2v) is 5.14. The normalized spacial score (nSPS) is 12.2. The second-order valence-electron chi connectivity index (χ2n) is 5.14. The first-order valence-corrected chi connectivity index (χ1v) is 6.78. The molecule has 0 aliphatic rings. The van der Waals surface area contributed by atoms with Crippen molar-refractivity contribution in [3.8, 4) is 11.5 Å². The van der Waals surface area contributed by atoms with Crippen LogP contribution in [0.15, 0.2) is 18.2 Å². The van der Waals surface area contributed by atoms with Crippen LogP contribution in [0, 0.1) is 5.92 Å². The molecule has 0 saturated carbocycles. The molecule has 0 fully saturated rings. The molecule has 5 heteroatoms. The van der Waals surface area contributed by atoms with Crippen LogP contribution in [0.25, 0.3) is 0 Å². The molecule has 0 bridgehead atoms. The summed E-state index contributed by atoms with van der Waals surface area (Å²) >= 11 is 0. The third-order valence-electron chi connectivity index (χ3n) is 2.84. The summed E-state index contributed by atoms with van der Waals surface area (Å²) < 4.78 is 10.9. The average Bonchev–Trinajstić information content (AvgIpc) is 2.39. The number of methoxy groups -OCH3 is 1. The lowest BCUT2D eigenvalue weighted by Crippen LogP contribution is -2.31. The molecule has 0 heterocycles. The number of amides is 1. The number of ether oxygens (including phenoxy) is 2. The van der Waals surface area contributed by atoms with Gasteiger partial charge in [0.2, 0.25) is 0 Å². The van der Waals surface area contributed by atoms with Gasteiger partial charge in [-0.15, -0.1) is 0 Å². The summed E-state index contributed by atoms with van der Waals surface area (Å²) in [5, 5.41) is 3.34. The van der Waals surface area contributed by atoms with Crippen molar-refractivity contribution in [3.05, 3.63) is 23.8 Å². The zero-order valence-corrected chi connectivity index (χ0v) is 12.6. The Kier molecular flexibility index (Phi) is 6.31. The van der Waals surface area contributed by atoms with E-state index < -0.39 is 12.0 Å². The van der Waals surface area contributed by atoms with Crippen LogP contribution < -0.4 is 20.5 Å². The van der Waals surface area contributed by atoms with Gasteiger partial charge in [0.05, 0.1) is 7.11 Å². The monoisotopic (exact) mass is 280 g/mol. The molecule has 5 nitrogen and oxygen atoms in total. The van der Waals surface area contributed by atoms with E-state index in [1.165, 1.54) is 0 Å². The predicted octanol–water partition coefficient (Wildman–Crippen LogP) is 1.69. The fourth-order valence-electron chi connectivity index (χ4n) is 1.73. The molecule has 1 unspecified atom stereocenters. The zero-order valence-electron chi connectivity index (χ0n) is 12.6. The lowest BCUT2D eigenvalue weighted by Gasteiger charge is -2.18. The molecule has 1 atom stereocenters. The van der Waals surface area contributed by atoms with E-state index in [0.717, 1.165) is 12.1 Å². The van der Waals surface area contributed by atoms with Crippen LogP contribution in [0.1, 0.15) is 26.3 Å². The maximum Gasteiger partial charge on any atom is 0.258 e. The van der Waals surface area contributed by atoms with Gasteiger partial charge in [-0.05, 0) is 25.5 Å². The second kappa shape index (κ2) is 7.75. The molecule has 20 heavy (non-hydrogen) atoms. The molecule has 1 rings (SSSR count). The summed E-state index contributed by atoms with van der Waals surface area (Å²) in [5.74, 6) is 1.23. The number of nitrogens with one attached hydrogen (secondary N) is 1. The Bertz CT molecular complexity index is 447. The molecule has 112 valence electrons. The van der Waals surface area contributed by atoms with Gasteiger partial charge in [-0.2, -0.15) is 0 Å². The Labute approximate surface area is 120 Å². The minimum absolute atomic E-state index is 0.503. The van der Waals surface area contributed by atoms with E-state index in [1.807, 2.05) is 12.1 Å². The number of para-hydroxylation sites is 1. The maximum atomic E-state index is 11.2. The van der Waals surface area contributed by atoms with Crippen molar-refractivity contribution in [1.29, 1.82) is 0 Å². The molecule has 1 aromatic carbocycles. The lowest BCUT2D eigenvalue weighted by molar-refractivity contribution is -0.124. The molecule has 1 amide bonds. The number of carbonyl (C=O) groups excluding carboxylic acids is 1. The van der Waals surface area contributed by atoms with Gasteiger partial charge in [-0.3, -0.25) is 4.79 Å². The lowest BCUT2D eigenvalue weighted by atomic mass is 10.1. The largest absolute Gasteiger partial charge is 0.493 e.